The number of aromatic nitrogens is 2. The number of hydrogen-bond donors (Lipinski definition) is 3. The average molecular weight is 472 g/mol. The van der Waals surface area contributed by atoms with Gasteiger partial charge in [-0.1, -0.05) is 47.5 Å². The molecule has 10 heteroatoms. The highest BCUT2D eigenvalue weighted by Gasteiger charge is 2.25. The third-order valence-corrected chi connectivity index (χ3v) is 5.39. The number of rotatable bonds is 5. The van der Waals surface area contributed by atoms with E-state index in [9.17, 15) is 25.0 Å². The van der Waals surface area contributed by atoms with Crippen molar-refractivity contribution in [3.63, 3.8) is 0 Å². The molecule has 8 nitrogen and oxygen atoms in total. The van der Waals surface area contributed by atoms with Crippen molar-refractivity contribution in [2.24, 2.45) is 0 Å². The summed E-state index contributed by atoms with van der Waals surface area (Å²) >= 11 is 11.9. The molecule has 0 saturated carbocycles. The number of benzene rings is 2. The van der Waals surface area contributed by atoms with Crippen LogP contribution in [0.25, 0.3) is 10.9 Å². The molecule has 0 atom stereocenters. The molecule has 0 unspecified atom stereocenters. The van der Waals surface area contributed by atoms with Crippen molar-refractivity contribution in [3.8, 4) is 11.5 Å². The van der Waals surface area contributed by atoms with Crippen LogP contribution in [0.1, 0.15) is 15.9 Å². The van der Waals surface area contributed by atoms with Gasteiger partial charge in [-0.15, -0.1) is 0 Å². The normalized spacial score (nSPS) is 10.9. The highest BCUT2D eigenvalue weighted by molar-refractivity contribution is 6.50. The van der Waals surface area contributed by atoms with E-state index >= 15 is 0 Å². The number of nitrogens with zero attached hydrogens (tertiary/aromatic N) is 2. The lowest BCUT2D eigenvalue weighted by atomic mass is 10.1. The fraction of sp³-hybridized carbons (Fsp3) is 0.0455. The monoisotopic (exact) mass is 471 g/mol. The van der Waals surface area contributed by atoms with Gasteiger partial charge in [0.15, 0.2) is 0 Å². The molecule has 1 amide bonds. The second-order valence-electron chi connectivity index (χ2n) is 6.98. The van der Waals surface area contributed by atoms with Crippen LogP contribution in [0.15, 0.2) is 61.1 Å². The number of anilines is 1. The summed E-state index contributed by atoms with van der Waals surface area (Å²) in [5, 5.41) is 33.7. The zero-order valence-electron chi connectivity index (χ0n) is 16.3. The molecular weight excluding hydrogens is 457 g/mol. The number of nitrogens with one attached hydrogen (secondary N) is 1. The topological polar surface area (TPSA) is 119 Å². The lowest BCUT2D eigenvalue weighted by molar-refractivity contribution is -0.605. The van der Waals surface area contributed by atoms with Crippen molar-refractivity contribution in [3.05, 3.63) is 87.4 Å². The largest absolute Gasteiger partial charge is 0.619 e. The van der Waals surface area contributed by atoms with Gasteiger partial charge in [0.05, 0.1) is 16.8 Å². The van der Waals surface area contributed by atoms with Crippen LogP contribution in [0, 0.1) is 5.21 Å². The molecule has 0 aliphatic heterocycles. The molecule has 0 saturated heterocycles. The number of phenols is 2. The number of aromatic hydroxyl groups is 2. The number of halogens is 2. The van der Waals surface area contributed by atoms with Crippen molar-refractivity contribution in [1.82, 2.24) is 4.57 Å². The summed E-state index contributed by atoms with van der Waals surface area (Å²) in [6.45, 7) is 0.281. The van der Waals surface area contributed by atoms with Gasteiger partial charge >= 0.3 is 0 Å². The summed E-state index contributed by atoms with van der Waals surface area (Å²) in [5.74, 6) is -1.84. The smallest absolute Gasteiger partial charge is 0.296 e. The Morgan fingerprint density at radius 3 is 2.34 bits per heavy atom. The maximum atomic E-state index is 13.0. The molecule has 0 spiro atoms. The van der Waals surface area contributed by atoms with Gasteiger partial charge in [-0.25, -0.2) is 0 Å². The third kappa shape index (κ3) is 4.05. The molecule has 2 heterocycles. The fourth-order valence-corrected chi connectivity index (χ4v) is 3.90. The van der Waals surface area contributed by atoms with Gasteiger partial charge in [0.1, 0.15) is 21.5 Å². The van der Waals surface area contributed by atoms with Gasteiger partial charge in [0, 0.05) is 18.1 Å². The van der Waals surface area contributed by atoms with Crippen LogP contribution in [-0.4, -0.2) is 26.5 Å². The van der Waals surface area contributed by atoms with Crippen molar-refractivity contribution in [2.75, 3.05) is 5.32 Å². The molecule has 4 aromatic rings. The van der Waals surface area contributed by atoms with Gasteiger partial charge in [-0.2, -0.15) is 4.73 Å². The number of phenolic OH excluding ortho intramolecular Hbond substituents is 2. The van der Waals surface area contributed by atoms with E-state index < -0.39 is 11.7 Å². The Balaban J connectivity index is 1.71. The van der Waals surface area contributed by atoms with Crippen LogP contribution in [0.3, 0.4) is 0 Å². The number of para-hydroxylation sites is 1. The summed E-state index contributed by atoms with van der Waals surface area (Å²) in [4.78, 5) is 25.7. The maximum Gasteiger partial charge on any atom is 0.296 e. The predicted octanol–water partition coefficient (Wildman–Crippen LogP) is 3.86. The van der Waals surface area contributed by atoms with Crippen LogP contribution in [0.2, 0.25) is 10.0 Å². The van der Waals surface area contributed by atoms with E-state index in [4.69, 9.17) is 23.2 Å². The first-order chi connectivity index (χ1) is 15.2. The van der Waals surface area contributed by atoms with Crippen LogP contribution in [0.4, 0.5) is 5.69 Å². The van der Waals surface area contributed by atoms with E-state index in [-0.39, 0.29) is 39.3 Å². The Kier molecular flexibility index (Phi) is 5.65. The fourth-order valence-electron chi connectivity index (χ4n) is 3.36. The average Bonchev–Trinajstić information content (AvgIpc) is 3.11. The summed E-state index contributed by atoms with van der Waals surface area (Å²) in [6.07, 6.45) is 3.46. The number of carbonyl (C=O) groups excluding carboxylic acids is 2. The maximum absolute atomic E-state index is 13.0. The number of pyridine rings is 1. The lowest BCUT2D eigenvalue weighted by Gasteiger charge is -2.08. The molecule has 4 rings (SSSR count). The molecule has 162 valence electrons. The van der Waals surface area contributed by atoms with Crippen LogP contribution < -0.4 is 10.0 Å². The number of carbonyl (C=O) groups is 2. The Morgan fingerprint density at radius 2 is 1.69 bits per heavy atom. The molecule has 3 N–H and O–H groups in total. The molecule has 2 aromatic heterocycles. The van der Waals surface area contributed by atoms with Crippen molar-refractivity contribution in [2.45, 2.75) is 6.54 Å². The highest BCUT2D eigenvalue weighted by atomic mass is 35.5. The highest BCUT2D eigenvalue weighted by Crippen LogP contribution is 2.32. The van der Waals surface area contributed by atoms with Crippen molar-refractivity contribution in [1.29, 1.82) is 0 Å². The van der Waals surface area contributed by atoms with Gasteiger partial charge in [-0.05, 0) is 23.8 Å². The predicted molar refractivity (Wildman–Crippen MR) is 119 cm³/mol. The third-order valence-electron chi connectivity index (χ3n) is 4.81. The van der Waals surface area contributed by atoms with E-state index in [0.717, 1.165) is 18.0 Å². The van der Waals surface area contributed by atoms with Gasteiger partial charge < -0.3 is 25.3 Å². The SMILES string of the molecule is O=C(Nc1c(Cl)c[n+]([O-])cc1Cl)C(=O)c1cn(Cc2ccc(O)cc2)c2c(O)cccc12. The minimum atomic E-state index is -1.01. The standard InChI is InChI=1S/C22H15Cl2N3O5/c23-16-10-27(32)11-17(24)19(16)25-22(31)21(30)15-9-26(8-12-4-6-13(28)7-5-12)20-14(15)2-1-3-18(20)29/h1-7,9-11,28-29H,8H2,(H,25,31). The number of hydrogen-bond acceptors (Lipinski definition) is 5. The molecule has 0 aliphatic rings. The molecule has 32 heavy (non-hydrogen) atoms. The minimum Gasteiger partial charge on any atom is -0.619 e. The number of Topliss-reactive ketones (excluding diaryl/α,β-unsaturated/α-hetero) is 1. The minimum absolute atomic E-state index is 0.0603. The molecule has 2 aromatic carbocycles. The van der Waals surface area contributed by atoms with Crippen molar-refractivity contribution < 1.29 is 24.5 Å². The summed E-state index contributed by atoms with van der Waals surface area (Å²) in [6, 6.07) is 11.1. The Labute approximate surface area is 191 Å². The second kappa shape index (κ2) is 8.41. The Bertz CT molecular complexity index is 1340. The molecule has 0 bridgehead atoms. The lowest BCUT2D eigenvalue weighted by Crippen LogP contribution is -2.27. The summed E-state index contributed by atoms with van der Waals surface area (Å²) in [5.41, 5.74) is 1.18. The zero-order valence-corrected chi connectivity index (χ0v) is 17.8. The second-order valence-corrected chi connectivity index (χ2v) is 7.80. The van der Waals surface area contributed by atoms with E-state index in [1.165, 1.54) is 24.4 Å². The first kappa shape index (κ1) is 21.5. The summed E-state index contributed by atoms with van der Waals surface area (Å²) < 4.78 is 2.02. The first-order valence-corrected chi connectivity index (χ1v) is 10.0. The van der Waals surface area contributed by atoms with Crippen molar-refractivity contribution >= 4 is 51.5 Å². The molecule has 0 aliphatic carbocycles. The van der Waals surface area contributed by atoms with Gasteiger partial charge in [-0.3, -0.25) is 9.59 Å². The summed E-state index contributed by atoms with van der Waals surface area (Å²) in [7, 11) is 0. The zero-order chi connectivity index (χ0) is 23.0. The van der Waals surface area contributed by atoms with Crippen LogP contribution in [-0.2, 0) is 11.3 Å². The Morgan fingerprint density at radius 1 is 1.03 bits per heavy atom. The molecular formula is C22H15Cl2N3O5. The number of amides is 1. The number of fused-ring (bicyclic) bond motifs is 1. The van der Waals surface area contributed by atoms with Crippen LogP contribution in [0.5, 0.6) is 11.5 Å². The van der Waals surface area contributed by atoms with E-state index in [0.29, 0.717) is 15.6 Å². The number of ketones is 1. The Hall–Kier alpha value is -3.75. The van der Waals surface area contributed by atoms with E-state index in [1.807, 2.05) is 0 Å². The quantitative estimate of drug-likeness (QED) is 0.176. The van der Waals surface area contributed by atoms with Gasteiger partial charge in [0.25, 0.3) is 11.7 Å². The van der Waals surface area contributed by atoms with E-state index in [1.54, 1.807) is 28.8 Å². The van der Waals surface area contributed by atoms with Gasteiger partial charge in [0.2, 0.25) is 12.4 Å². The van der Waals surface area contributed by atoms with Crippen LogP contribution >= 0.6 is 23.2 Å². The molecule has 0 fully saturated rings. The first-order valence-electron chi connectivity index (χ1n) is 9.27. The van der Waals surface area contributed by atoms with E-state index in [2.05, 4.69) is 5.32 Å². The molecule has 0 radical (unpaired) electrons.